The highest BCUT2D eigenvalue weighted by molar-refractivity contribution is 5.84. The van der Waals surface area contributed by atoms with Crippen LogP contribution in [0.2, 0.25) is 0 Å². The largest absolute Gasteiger partial charge is 0.481 e. The van der Waals surface area contributed by atoms with Crippen LogP contribution in [0.1, 0.15) is 24.8 Å². The molecule has 3 rings (SSSR count). The molecule has 0 spiro atoms. The lowest BCUT2D eigenvalue weighted by atomic mass is 10.0. The number of hydrogen-bond donors (Lipinski definition) is 1. The van der Waals surface area contributed by atoms with Gasteiger partial charge >= 0.3 is 5.97 Å². The first-order valence-electron chi connectivity index (χ1n) is 7.98. The van der Waals surface area contributed by atoms with Crippen LogP contribution in [0.4, 0.5) is 4.39 Å². The van der Waals surface area contributed by atoms with Crippen LogP contribution in [-0.4, -0.2) is 16.1 Å². The average molecular weight is 323 g/mol. The van der Waals surface area contributed by atoms with Crippen LogP contribution in [0, 0.1) is 5.82 Å². The molecule has 2 aromatic carbocycles. The zero-order valence-corrected chi connectivity index (χ0v) is 13.2. The van der Waals surface area contributed by atoms with Crippen molar-refractivity contribution in [2.24, 2.45) is 0 Å². The standard InChI is InChI=1S/C20H18FNO2/c21-18-6-3-5-15(12-18)17-11-16-10-14(4-1-2-7-20(23)24)8-9-19(16)22-13-17/h3,5-6,8-13H,1-2,4,7H2,(H,23,24). The molecule has 0 saturated heterocycles. The van der Waals surface area contributed by atoms with Gasteiger partial charge in [-0.15, -0.1) is 0 Å². The number of carboxylic acids is 1. The van der Waals surface area contributed by atoms with E-state index in [2.05, 4.69) is 11.1 Å². The Morgan fingerprint density at radius 3 is 2.71 bits per heavy atom. The van der Waals surface area contributed by atoms with Crippen LogP contribution >= 0.6 is 0 Å². The number of aliphatic carboxylic acids is 1. The Labute approximate surface area is 139 Å². The maximum absolute atomic E-state index is 13.4. The molecule has 3 nitrogen and oxygen atoms in total. The van der Waals surface area contributed by atoms with Crippen molar-refractivity contribution >= 4 is 16.9 Å². The lowest BCUT2D eigenvalue weighted by molar-refractivity contribution is -0.137. The summed E-state index contributed by atoms with van der Waals surface area (Å²) in [5.74, 6) is -1.02. The third-order valence-electron chi connectivity index (χ3n) is 4.01. The Bertz CT molecular complexity index is 876. The predicted octanol–water partition coefficient (Wildman–Crippen LogP) is 4.84. The molecule has 1 N–H and O–H groups in total. The van der Waals surface area contributed by atoms with Crippen LogP contribution in [-0.2, 0) is 11.2 Å². The second-order valence-corrected chi connectivity index (χ2v) is 5.86. The summed E-state index contributed by atoms with van der Waals surface area (Å²) in [7, 11) is 0. The van der Waals surface area contributed by atoms with Crippen molar-refractivity contribution in [1.82, 2.24) is 4.98 Å². The van der Waals surface area contributed by atoms with Gasteiger partial charge in [0.05, 0.1) is 5.52 Å². The minimum atomic E-state index is -0.752. The fourth-order valence-electron chi connectivity index (χ4n) is 2.77. The molecule has 0 fully saturated rings. The molecule has 0 amide bonds. The summed E-state index contributed by atoms with van der Waals surface area (Å²) in [6.45, 7) is 0. The summed E-state index contributed by atoms with van der Waals surface area (Å²) < 4.78 is 13.4. The predicted molar refractivity (Wildman–Crippen MR) is 92.3 cm³/mol. The Kier molecular flexibility index (Phi) is 4.85. The number of aromatic nitrogens is 1. The molecule has 122 valence electrons. The number of hydrogen-bond acceptors (Lipinski definition) is 2. The fourth-order valence-corrected chi connectivity index (χ4v) is 2.77. The number of carboxylic acid groups (broad SMARTS) is 1. The summed E-state index contributed by atoms with van der Waals surface area (Å²) in [6, 6.07) is 14.6. The molecule has 0 atom stereocenters. The molecule has 24 heavy (non-hydrogen) atoms. The maximum atomic E-state index is 13.4. The number of aryl methyl sites for hydroxylation is 1. The van der Waals surface area contributed by atoms with E-state index >= 15 is 0 Å². The van der Waals surface area contributed by atoms with Gasteiger partial charge < -0.3 is 5.11 Å². The van der Waals surface area contributed by atoms with Crippen LogP contribution in [0.25, 0.3) is 22.0 Å². The lowest BCUT2D eigenvalue weighted by Gasteiger charge is -2.06. The van der Waals surface area contributed by atoms with Gasteiger partial charge in [-0.2, -0.15) is 0 Å². The molecule has 1 aromatic heterocycles. The molecule has 0 saturated carbocycles. The van der Waals surface area contributed by atoms with Crippen molar-refractivity contribution in [3.8, 4) is 11.1 Å². The zero-order chi connectivity index (χ0) is 16.9. The topological polar surface area (TPSA) is 50.2 Å². The number of pyridine rings is 1. The van der Waals surface area contributed by atoms with Gasteiger partial charge in [-0.1, -0.05) is 18.2 Å². The highest BCUT2D eigenvalue weighted by Crippen LogP contribution is 2.24. The highest BCUT2D eigenvalue weighted by Gasteiger charge is 2.04. The van der Waals surface area contributed by atoms with E-state index < -0.39 is 5.97 Å². The van der Waals surface area contributed by atoms with E-state index in [0.29, 0.717) is 6.42 Å². The van der Waals surface area contributed by atoms with Crippen molar-refractivity contribution < 1.29 is 14.3 Å². The molecule has 0 aliphatic rings. The van der Waals surface area contributed by atoms with Crippen LogP contribution < -0.4 is 0 Å². The van der Waals surface area contributed by atoms with E-state index in [9.17, 15) is 9.18 Å². The van der Waals surface area contributed by atoms with Crippen LogP contribution in [0.15, 0.2) is 54.7 Å². The normalized spacial score (nSPS) is 10.9. The summed E-state index contributed by atoms with van der Waals surface area (Å²) in [5, 5.41) is 9.68. The van der Waals surface area contributed by atoms with Gasteiger partial charge in [0, 0.05) is 23.6 Å². The second-order valence-electron chi connectivity index (χ2n) is 5.86. The Balaban J connectivity index is 1.81. The lowest BCUT2D eigenvalue weighted by Crippen LogP contribution is -1.95. The smallest absolute Gasteiger partial charge is 0.303 e. The zero-order valence-electron chi connectivity index (χ0n) is 13.2. The molecular weight excluding hydrogens is 305 g/mol. The van der Waals surface area contributed by atoms with Crippen LogP contribution in [0.5, 0.6) is 0 Å². The van der Waals surface area contributed by atoms with Crippen molar-refractivity contribution in [2.75, 3.05) is 0 Å². The van der Waals surface area contributed by atoms with E-state index in [1.165, 1.54) is 12.1 Å². The van der Waals surface area contributed by atoms with Crippen molar-refractivity contribution in [2.45, 2.75) is 25.7 Å². The summed E-state index contributed by atoms with van der Waals surface area (Å²) in [5.41, 5.74) is 3.73. The number of rotatable bonds is 6. The molecule has 4 heteroatoms. The van der Waals surface area contributed by atoms with Gasteiger partial charge in [-0.3, -0.25) is 9.78 Å². The maximum Gasteiger partial charge on any atom is 0.303 e. The molecule has 0 aliphatic heterocycles. The highest BCUT2D eigenvalue weighted by atomic mass is 19.1. The first-order valence-corrected chi connectivity index (χ1v) is 7.98. The molecule has 0 radical (unpaired) electrons. The van der Waals surface area contributed by atoms with Gasteiger partial charge in [-0.25, -0.2) is 4.39 Å². The quantitative estimate of drug-likeness (QED) is 0.660. The number of benzene rings is 2. The first-order chi connectivity index (χ1) is 11.6. The summed E-state index contributed by atoms with van der Waals surface area (Å²) in [4.78, 5) is 15.0. The average Bonchev–Trinajstić information content (AvgIpc) is 2.58. The number of halogens is 1. The van der Waals surface area contributed by atoms with Gasteiger partial charge in [0.25, 0.3) is 0 Å². The third-order valence-corrected chi connectivity index (χ3v) is 4.01. The van der Waals surface area contributed by atoms with E-state index in [4.69, 9.17) is 5.11 Å². The SMILES string of the molecule is O=C(O)CCCCc1ccc2ncc(-c3cccc(F)c3)cc2c1. The molecule has 0 bridgehead atoms. The van der Waals surface area contributed by atoms with E-state index in [1.54, 1.807) is 12.3 Å². The van der Waals surface area contributed by atoms with Gasteiger partial charge in [0.2, 0.25) is 0 Å². The minimum Gasteiger partial charge on any atom is -0.481 e. The molecule has 0 unspecified atom stereocenters. The molecule has 0 aliphatic carbocycles. The van der Waals surface area contributed by atoms with Crippen molar-refractivity contribution in [1.29, 1.82) is 0 Å². The van der Waals surface area contributed by atoms with E-state index in [1.807, 2.05) is 24.3 Å². The Morgan fingerprint density at radius 2 is 1.92 bits per heavy atom. The molecular formula is C20H18FNO2. The Hall–Kier alpha value is -2.75. The third kappa shape index (κ3) is 3.96. The second kappa shape index (κ2) is 7.21. The van der Waals surface area contributed by atoms with E-state index in [0.717, 1.165) is 40.4 Å². The van der Waals surface area contributed by atoms with Gasteiger partial charge in [-0.05, 0) is 60.7 Å². The molecule has 3 aromatic rings. The molecule has 1 heterocycles. The van der Waals surface area contributed by atoms with Crippen molar-refractivity contribution in [3.05, 3.63) is 66.1 Å². The monoisotopic (exact) mass is 323 g/mol. The number of nitrogens with zero attached hydrogens (tertiary/aromatic N) is 1. The summed E-state index contributed by atoms with van der Waals surface area (Å²) in [6.07, 6.45) is 4.32. The summed E-state index contributed by atoms with van der Waals surface area (Å²) >= 11 is 0. The number of unbranched alkanes of at least 4 members (excludes halogenated alkanes) is 1. The Morgan fingerprint density at radius 1 is 1.04 bits per heavy atom. The fraction of sp³-hybridized carbons (Fsp3) is 0.200. The van der Waals surface area contributed by atoms with E-state index in [-0.39, 0.29) is 12.2 Å². The number of fused-ring (bicyclic) bond motifs is 1. The van der Waals surface area contributed by atoms with Crippen LogP contribution in [0.3, 0.4) is 0 Å². The van der Waals surface area contributed by atoms with Gasteiger partial charge in [0.15, 0.2) is 0 Å². The van der Waals surface area contributed by atoms with Crippen molar-refractivity contribution in [3.63, 3.8) is 0 Å². The first kappa shape index (κ1) is 16.1. The minimum absolute atomic E-state index is 0.207. The number of carbonyl (C=O) groups is 1. The van der Waals surface area contributed by atoms with Gasteiger partial charge in [0.1, 0.15) is 5.82 Å².